The fraction of sp³-hybridized carbons (Fsp3) is 0.286. The topological polar surface area (TPSA) is 100 Å². The number of fused-ring (bicyclic) bond motifs is 2. The second-order valence-electron chi connectivity index (χ2n) is 9.16. The first-order valence-electron chi connectivity index (χ1n) is 12.2. The molecule has 0 spiro atoms. The second kappa shape index (κ2) is 10.3. The van der Waals surface area contributed by atoms with Gasteiger partial charge >= 0.3 is 0 Å². The summed E-state index contributed by atoms with van der Waals surface area (Å²) in [5.74, 6) is 0.270. The summed E-state index contributed by atoms with van der Waals surface area (Å²) in [4.78, 5) is 15.3. The van der Waals surface area contributed by atoms with Crippen LogP contribution in [0, 0.1) is 0 Å². The monoisotopic (exact) mass is 485 g/mol. The number of para-hydroxylation sites is 1. The lowest BCUT2D eigenvalue weighted by molar-refractivity contribution is 0.0995. The maximum Gasteiger partial charge on any atom is 0.268 e. The van der Waals surface area contributed by atoms with Crippen LogP contribution in [0.15, 0.2) is 73.4 Å². The number of amides is 1. The molecule has 5 rings (SSSR count). The number of ether oxygens (including phenoxy) is 1. The molecule has 2 aromatic carbocycles. The maximum atomic E-state index is 11.3. The fourth-order valence-corrected chi connectivity index (χ4v) is 4.81. The molecule has 0 saturated carbocycles. The van der Waals surface area contributed by atoms with Crippen molar-refractivity contribution in [3.63, 3.8) is 0 Å². The number of hydrogen-bond acceptors (Lipinski definition) is 4. The fourth-order valence-electron chi connectivity index (χ4n) is 4.81. The molecule has 186 valence electrons. The lowest BCUT2D eigenvalue weighted by Gasteiger charge is -2.16. The third-order valence-electron chi connectivity index (χ3n) is 6.77. The highest BCUT2D eigenvalue weighted by molar-refractivity contribution is 5.90. The summed E-state index contributed by atoms with van der Waals surface area (Å²) in [6, 6.07) is 16.5. The molecule has 1 amide bonds. The number of aryl methyl sites for hydroxylation is 3. The van der Waals surface area contributed by atoms with Crippen LogP contribution in [0.25, 0.3) is 21.8 Å². The molecule has 3 heterocycles. The Hall–Kier alpha value is -4.04. The van der Waals surface area contributed by atoms with E-state index < -0.39 is 5.91 Å². The van der Waals surface area contributed by atoms with Crippen molar-refractivity contribution in [2.24, 2.45) is 12.8 Å². The van der Waals surface area contributed by atoms with Crippen molar-refractivity contribution >= 4 is 27.7 Å². The van der Waals surface area contributed by atoms with E-state index in [1.807, 2.05) is 12.3 Å². The number of primary amides is 1. The van der Waals surface area contributed by atoms with Gasteiger partial charge in [0.2, 0.25) is 0 Å². The van der Waals surface area contributed by atoms with E-state index in [0.717, 1.165) is 29.5 Å². The molecule has 0 saturated heterocycles. The number of rotatable bonds is 11. The largest absolute Gasteiger partial charge is 0.494 e. The zero-order valence-electron chi connectivity index (χ0n) is 20.4. The molecule has 3 aromatic heterocycles. The van der Waals surface area contributed by atoms with Gasteiger partial charge in [0.05, 0.1) is 31.1 Å². The molecule has 36 heavy (non-hydrogen) atoms. The quantitative estimate of drug-likeness (QED) is 0.276. The Kier molecular flexibility index (Phi) is 6.77. The third-order valence-corrected chi connectivity index (χ3v) is 6.77. The van der Waals surface area contributed by atoms with Crippen LogP contribution in [0.1, 0.15) is 34.9 Å². The highest BCUT2D eigenvalue weighted by Crippen LogP contribution is 2.25. The van der Waals surface area contributed by atoms with E-state index in [1.165, 1.54) is 16.5 Å². The normalized spacial score (nSPS) is 12.4. The molecule has 0 fully saturated rings. The van der Waals surface area contributed by atoms with E-state index in [2.05, 4.69) is 69.8 Å². The van der Waals surface area contributed by atoms with Gasteiger partial charge in [0, 0.05) is 49.2 Å². The van der Waals surface area contributed by atoms with Crippen LogP contribution < -0.4 is 10.5 Å². The molecule has 8 nitrogen and oxygen atoms in total. The van der Waals surface area contributed by atoms with Gasteiger partial charge in [-0.25, -0.2) is 4.98 Å². The molecular weight excluding hydrogens is 454 g/mol. The van der Waals surface area contributed by atoms with Crippen molar-refractivity contribution in [3.8, 4) is 5.75 Å². The zero-order chi connectivity index (χ0) is 25.1. The minimum absolute atomic E-state index is 0.0567. The van der Waals surface area contributed by atoms with E-state index in [4.69, 9.17) is 10.5 Å². The standard InChI is InChI=1S/C28H31N5O3/c1-31-16-21(24-6-2-3-7-26(24)31)5-4-14-36-23-9-8-20-10-12-32(27(20)15-23)13-11-22(18-34)33-17-25(28(29)35)30-19-33/h2-3,6-10,12,15-17,19,22,34H,4-5,11,13-14,18H2,1H3,(H2,29,35)/t22-/m1/s1. The number of benzene rings is 2. The van der Waals surface area contributed by atoms with Crippen LogP contribution in [-0.2, 0) is 20.0 Å². The zero-order valence-corrected chi connectivity index (χ0v) is 20.4. The Morgan fingerprint density at radius 2 is 2.00 bits per heavy atom. The molecule has 0 aliphatic rings. The van der Waals surface area contributed by atoms with Gasteiger partial charge in [0.25, 0.3) is 5.91 Å². The molecule has 0 bridgehead atoms. The van der Waals surface area contributed by atoms with E-state index >= 15 is 0 Å². The van der Waals surface area contributed by atoms with Crippen LogP contribution in [-0.4, -0.2) is 42.9 Å². The maximum absolute atomic E-state index is 11.3. The summed E-state index contributed by atoms with van der Waals surface area (Å²) >= 11 is 0. The van der Waals surface area contributed by atoms with Gasteiger partial charge in [-0.2, -0.15) is 0 Å². The number of carbonyl (C=O) groups excluding carboxylic acids is 1. The SMILES string of the molecule is Cn1cc(CCCOc2ccc3ccn(CC[C@H](CO)n4cnc(C(N)=O)c4)c3c2)c2ccccc21. The van der Waals surface area contributed by atoms with Crippen molar-refractivity contribution in [1.82, 2.24) is 18.7 Å². The molecule has 0 unspecified atom stereocenters. The highest BCUT2D eigenvalue weighted by atomic mass is 16.5. The van der Waals surface area contributed by atoms with Crippen molar-refractivity contribution in [2.75, 3.05) is 13.2 Å². The minimum atomic E-state index is -0.577. The first-order chi connectivity index (χ1) is 17.5. The summed E-state index contributed by atoms with van der Waals surface area (Å²) in [5.41, 5.74) is 9.18. The number of hydrogen-bond donors (Lipinski definition) is 2. The van der Waals surface area contributed by atoms with Crippen molar-refractivity contribution < 1.29 is 14.6 Å². The van der Waals surface area contributed by atoms with Gasteiger partial charge in [-0.15, -0.1) is 0 Å². The number of nitrogens with zero attached hydrogens (tertiary/aromatic N) is 4. The van der Waals surface area contributed by atoms with Crippen LogP contribution in [0.4, 0.5) is 0 Å². The average molecular weight is 486 g/mol. The van der Waals surface area contributed by atoms with Crippen LogP contribution in [0.5, 0.6) is 5.75 Å². The summed E-state index contributed by atoms with van der Waals surface area (Å²) in [5, 5.41) is 12.3. The molecular formula is C28H31N5O3. The smallest absolute Gasteiger partial charge is 0.268 e. The molecule has 0 radical (unpaired) electrons. The Morgan fingerprint density at radius 1 is 1.14 bits per heavy atom. The van der Waals surface area contributed by atoms with Crippen molar-refractivity contribution in [1.29, 1.82) is 0 Å². The van der Waals surface area contributed by atoms with Gasteiger partial charge in [0.15, 0.2) is 0 Å². The Balaban J connectivity index is 1.20. The number of aromatic nitrogens is 4. The molecule has 0 aliphatic heterocycles. The number of nitrogens with two attached hydrogens (primary N) is 1. The second-order valence-corrected chi connectivity index (χ2v) is 9.16. The van der Waals surface area contributed by atoms with E-state index in [-0.39, 0.29) is 18.3 Å². The summed E-state index contributed by atoms with van der Waals surface area (Å²) in [6.45, 7) is 1.28. The Morgan fingerprint density at radius 3 is 2.81 bits per heavy atom. The Labute approximate surface area is 209 Å². The lowest BCUT2D eigenvalue weighted by atomic mass is 10.1. The average Bonchev–Trinajstić information content (AvgIpc) is 3.61. The number of carbonyl (C=O) groups is 1. The first-order valence-corrected chi connectivity index (χ1v) is 12.2. The van der Waals surface area contributed by atoms with E-state index in [9.17, 15) is 9.90 Å². The highest BCUT2D eigenvalue weighted by Gasteiger charge is 2.14. The van der Waals surface area contributed by atoms with Gasteiger partial charge in [-0.1, -0.05) is 18.2 Å². The summed E-state index contributed by atoms with van der Waals surface area (Å²) in [6.07, 6.45) is 9.96. The lowest BCUT2D eigenvalue weighted by Crippen LogP contribution is -2.15. The van der Waals surface area contributed by atoms with Gasteiger partial charge < -0.3 is 29.3 Å². The number of aliphatic hydroxyl groups excluding tert-OH is 1. The predicted molar refractivity (Wildman–Crippen MR) is 140 cm³/mol. The third kappa shape index (κ3) is 4.85. The van der Waals surface area contributed by atoms with Gasteiger partial charge in [-0.3, -0.25) is 4.79 Å². The van der Waals surface area contributed by atoms with Crippen LogP contribution in [0.2, 0.25) is 0 Å². The minimum Gasteiger partial charge on any atom is -0.494 e. The first kappa shape index (κ1) is 23.7. The predicted octanol–water partition coefficient (Wildman–Crippen LogP) is 4.06. The number of imidazole rings is 1. The Bertz CT molecular complexity index is 1500. The van der Waals surface area contributed by atoms with Crippen molar-refractivity contribution in [3.05, 3.63) is 84.7 Å². The molecule has 0 aliphatic carbocycles. The number of aliphatic hydroxyl groups is 1. The van der Waals surface area contributed by atoms with Crippen molar-refractivity contribution in [2.45, 2.75) is 31.8 Å². The summed E-state index contributed by atoms with van der Waals surface area (Å²) in [7, 11) is 2.09. The summed E-state index contributed by atoms with van der Waals surface area (Å²) < 4.78 is 12.2. The van der Waals surface area contributed by atoms with E-state index in [0.29, 0.717) is 19.6 Å². The molecule has 8 heteroatoms. The van der Waals surface area contributed by atoms with Crippen LogP contribution in [0.3, 0.4) is 0 Å². The molecule has 3 N–H and O–H groups in total. The van der Waals surface area contributed by atoms with Gasteiger partial charge in [-0.05, 0) is 54.5 Å². The van der Waals surface area contributed by atoms with Crippen LogP contribution >= 0.6 is 0 Å². The van der Waals surface area contributed by atoms with Gasteiger partial charge in [0.1, 0.15) is 11.4 Å². The van der Waals surface area contributed by atoms with E-state index in [1.54, 1.807) is 17.1 Å². The molecule has 5 aromatic rings. The molecule has 1 atom stereocenters.